The summed E-state index contributed by atoms with van der Waals surface area (Å²) < 4.78 is 5.15. The van der Waals surface area contributed by atoms with Gasteiger partial charge in [-0.15, -0.1) is 0 Å². The van der Waals surface area contributed by atoms with Crippen LogP contribution in [0.4, 0.5) is 0 Å². The fourth-order valence-corrected chi connectivity index (χ4v) is 2.85. The lowest BCUT2D eigenvalue weighted by molar-refractivity contribution is -0.119. The van der Waals surface area contributed by atoms with Crippen LogP contribution < -0.4 is 15.4 Å². The lowest BCUT2D eigenvalue weighted by atomic mass is 10.0. The average molecular weight is 274 g/mol. The molecule has 0 spiro atoms. The summed E-state index contributed by atoms with van der Waals surface area (Å²) in [6, 6.07) is 8.64. The molecule has 3 rings (SSSR count). The number of carbonyl (C=O) groups is 1. The molecule has 1 amide bonds. The minimum Gasteiger partial charge on any atom is -0.497 e. The number of hydrogen-bond donors (Lipinski definition) is 2. The Balaban J connectivity index is 1.53. The minimum atomic E-state index is 0.183. The maximum atomic E-state index is 11.6. The van der Waals surface area contributed by atoms with Gasteiger partial charge in [-0.05, 0) is 30.0 Å². The van der Waals surface area contributed by atoms with Crippen LogP contribution in [0.3, 0.4) is 0 Å². The van der Waals surface area contributed by atoms with Gasteiger partial charge in [-0.25, -0.2) is 0 Å². The summed E-state index contributed by atoms with van der Waals surface area (Å²) in [5, 5.41) is 6.63. The second kappa shape index (κ2) is 5.83. The molecule has 0 aromatic heterocycles. The van der Waals surface area contributed by atoms with Crippen molar-refractivity contribution in [1.29, 1.82) is 0 Å². The van der Waals surface area contributed by atoms with E-state index in [1.165, 1.54) is 18.4 Å². The maximum Gasteiger partial charge on any atom is 0.221 e. The molecule has 108 valence electrons. The highest BCUT2D eigenvalue weighted by atomic mass is 16.5. The normalized spacial score (nSPS) is 25.6. The molecule has 20 heavy (non-hydrogen) atoms. The second-order valence-electron chi connectivity index (χ2n) is 5.89. The van der Waals surface area contributed by atoms with Gasteiger partial charge in [-0.2, -0.15) is 0 Å². The molecule has 4 heteroatoms. The first-order valence-corrected chi connectivity index (χ1v) is 7.40. The predicted molar refractivity (Wildman–Crippen MR) is 77.5 cm³/mol. The minimum absolute atomic E-state index is 0.183. The van der Waals surface area contributed by atoms with Crippen molar-refractivity contribution in [2.45, 2.75) is 44.3 Å². The number of benzene rings is 1. The fourth-order valence-electron chi connectivity index (χ4n) is 2.85. The number of hydrogen-bond acceptors (Lipinski definition) is 3. The highest BCUT2D eigenvalue weighted by Gasteiger charge is 2.36. The quantitative estimate of drug-likeness (QED) is 0.832. The van der Waals surface area contributed by atoms with Gasteiger partial charge < -0.3 is 15.4 Å². The largest absolute Gasteiger partial charge is 0.497 e. The van der Waals surface area contributed by atoms with Crippen molar-refractivity contribution in [2.24, 2.45) is 5.92 Å². The van der Waals surface area contributed by atoms with Crippen LogP contribution in [-0.2, 0) is 11.3 Å². The lowest BCUT2D eigenvalue weighted by Crippen LogP contribution is -2.40. The van der Waals surface area contributed by atoms with Crippen LogP contribution in [0.2, 0.25) is 0 Å². The average Bonchev–Trinajstić information content (AvgIpc) is 3.20. The maximum absolute atomic E-state index is 11.6. The number of methoxy groups -OCH3 is 1. The van der Waals surface area contributed by atoms with Gasteiger partial charge in [0.15, 0.2) is 0 Å². The Morgan fingerprint density at radius 3 is 2.70 bits per heavy atom. The van der Waals surface area contributed by atoms with Gasteiger partial charge in [-0.3, -0.25) is 4.79 Å². The molecule has 1 aliphatic heterocycles. The van der Waals surface area contributed by atoms with Crippen LogP contribution >= 0.6 is 0 Å². The highest BCUT2D eigenvalue weighted by Crippen LogP contribution is 2.35. The highest BCUT2D eigenvalue weighted by molar-refractivity contribution is 5.79. The van der Waals surface area contributed by atoms with E-state index >= 15 is 0 Å². The van der Waals surface area contributed by atoms with Crippen molar-refractivity contribution < 1.29 is 9.53 Å². The van der Waals surface area contributed by atoms with E-state index in [2.05, 4.69) is 22.8 Å². The third kappa shape index (κ3) is 3.31. The molecule has 1 saturated heterocycles. The van der Waals surface area contributed by atoms with E-state index in [1.54, 1.807) is 7.11 Å². The molecule has 0 bridgehead atoms. The Labute approximate surface area is 119 Å². The Morgan fingerprint density at radius 1 is 1.30 bits per heavy atom. The van der Waals surface area contributed by atoms with E-state index < -0.39 is 0 Å². The molecule has 1 saturated carbocycles. The van der Waals surface area contributed by atoms with Gasteiger partial charge in [0, 0.05) is 25.0 Å². The smallest absolute Gasteiger partial charge is 0.221 e. The van der Waals surface area contributed by atoms with Crippen LogP contribution in [0.25, 0.3) is 0 Å². The Morgan fingerprint density at radius 2 is 2.05 bits per heavy atom. The van der Waals surface area contributed by atoms with Crippen LogP contribution in [0.5, 0.6) is 5.75 Å². The molecule has 1 aromatic carbocycles. The molecule has 1 aliphatic carbocycles. The second-order valence-corrected chi connectivity index (χ2v) is 5.89. The molecule has 2 N–H and O–H groups in total. The first kappa shape index (κ1) is 13.4. The van der Waals surface area contributed by atoms with Crippen molar-refractivity contribution in [3.8, 4) is 5.75 Å². The third-order valence-corrected chi connectivity index (χ3v) is 4.25. The van der Waals surface area contributed by atoms with Gasteiger partial charge in [0.25, 0.3) is 0 Å². The Hall–Kier alpha value is -1.55. The zero-order chi connectivity index (χ0) is 13.9. The number of rotatable bonds is 6. The van der Waals surface area contributed by atoms with E-state index in [-0.39, 0.29) is 11.9 Å². The summed E-state index contributed by atoms with van der Waals surface area (Å²) in [4.78, 5) is 11.6. The van der Waals surface area contributed by atoms with Crippen molar-refractivity contribution >= 4 is 5.91 Å². The van der Waals surface area contributed by atoms with Gasteiger partial charge >= 0.3 is 0 Å². The van der Waals surface area contributed by atoms with E-state index in [9.17, 15) is 4.79 Å². The van der Waals surface area contributed by atoms with Gasteiger partial charge in [0.1, 0.15) is 5.75 Å². The molecular weight excluding hydrogens is 252 g/mol. The number of ether oxygens (including phenoxy) is 1. The molecule has 1 heterocycles. The van der Waals surface area contributed by atoms with E-state index in [0.29, 0.717) is 12.5 Å². The summed E-state index contributed by atoms with van der Waals surface area (Å²) in [7, 11) is 1.67. The number of amides is 1. The van der Waals surface area contributed by atoms with Gasteiger partial charge in [0.2, 0.25) is 5.91 Å². The van der Waals surface area contributed by atoms with E-state index in [0.717, 1.165) is 24.6 Å². The summed E-state index contributed by atoms with van der Waals surface area (Å²) in [5.41, 5.74) is 1.22. The van der Waals surface area contributed by atoms with Crippen molar-refractivity contribution in [3.05, 3.63) is 29.8 Å². The van der Waals surface area contributed by atoms with Gasteiger partial charge in [-0.1, -0.05) is 25.0 Å². The van der Waals surface area contributed by atoms with E-state index in [1.807, 2.05) is 12.1 Å². The first-order chi connectivity index (χ1) is 9.74. The molecule has 4 nitrogen and oxygen atoms in total. The van der Waals surface area contributed by atoms with Crippen molar-refractivity contribution in [2.75, 3.05) is 7.11 Å². The molecule has 2 aliphatic rings. The predicted octanol–water partition coefficient (Wildman–Crippen LogP) is 1.84. The molecule has 1 aromatic rings. The molecule has 2 unspecified atom stereocenters. The summed E-state index contributed by atoms with van der Waals surface area (Å²) >= 11 is 0. The standard InChI is InChI=1S/C16H22N2O2/c1-20-13-6-4-12(5-7-13)10-17-14-9-16(19)18-15(14)8-11-2-3-11/h4-7,11,14-15,17H,2-3,8-10H2,1H3,(H,18,19). The molecule has 0 radical (unpaired) electrons. The van der Waals surface area contributed by atoms with E-state index in [4.69, 9.17) is 4.74 Å². The first-order valence-electron chi connectivity index (χ1n) is 7.40. The fraction of sp³-hybridized carbons (Fsp3) is 0.562. The van der Waals surface area contributed by atoms with Crippen LogP contribution in [0, 0.1) is 5.92 Å². The van der Waals surface area contributed by atoms with Crippen molar-refractivity contribution in [1.82, 2.24) is 10.6 Å². The topological polar surface area (TPSA) is 50.4 Å². The van der Waals surface area contributed by atoms with Crippen LogP contribution in [0.1, 0.15) is 31.2 Å². The summed E-state index contributed by atoms with van der Waals surface area (Å²) in [6.45, 7) is 0.796. The molecular formula is C16H22N2O2. The summed E-state index contributed by atoms with van der Waals surface area (Å²) in [6.07, 6.45) is 4.40. The Bertz CT molecular complexity index is 468. The van der Waals surface area contributed by atoms with Crippen LogP contribution in [-0.4, -0.2) is 25.1 Å². The van der Waals surface area contributed by atoms with Crippen LogP contribution in [0.15, 0.2) is 24.3 Å². The zero-order valence-corrected chi connectivity index (χ0v) is 11.9. The SMILES string of the molecule is COc1ccc(CNC2CC(=O)NC2CC2CC2)cc1. The number of carbonyl (C=O) groups excluding carboxylic acids is 1. The van der Waals surface area contributed by atoms with Gasteiger partial charge in [0.05, 0.1) is 7.11 Å². The number of nitrogens with one attached hydrogen (secondary N) is 2. The third-order valence-electron chi connectivity index (χ3n) is 4.25. The summed E-state index contributed by atoms with van der Waals surface area (Å²) in [5.74, 6) is 1.89. The molecule has 2 fully saturated rings. The lowest BCUT2D eigenvalue weighted by Gasteiger charge is -2.20. The zero-order valence-electron chi connectivity index (χ0n) is 11.9. The Kier molecular flexibility index (Phi) is 3.92. The van der Waals surface area contributed by atoms with Crippen molar-refractivity contribution in [3.63, 3.8) is 0 Å². The molecule has 2 atom stereocenters. The monoisotopic (exact) mass is 274 g/mol.